The first-order chi connectivity index (χ1) is 13.8. The number of nitrogens with zero attached hydrogens (tertiary/aromatic N) is 1. The van der Waals surface area contributed by atoms with Crippen LogP contribution in [-0.4, -0.2) is 31.1 Å². The van der Waals surface area contributed by atoms with Crippen LogP contribution in [0.25, 0.3) is 11.0 Å². The fourth-order valence-electron chi connectivity index (χ4n) is 4.49. The Balaban J connectivity index is 1.12. The number of halogens is 1. The Hall–Kier alpha value is -2.21. The standard InChI is InChI=1S/C23H24FNO3/c24-21-6-3-5-20-19(21)16-28-23(20)8-10-25(11-9-23)12-13-26-14-17-15-27-22-7-2-1-4-18(17)22/h1-7,15H,8-14,16H2. The molecular weight excluding hydrogens is 357 g/mol. The second kappa shape index (κ2) is 7.32. The van der Waals surface area contributed by atoms with Gasteiger partial charge in [-0.05, 0) is 30.5 Å². The average molecular weight is 381 g/mol. The first-order valence-corrected chi connectivity index (χ1v) is 9.92. The van der Waals surface area contributed by atoms with E-state index in [0.717, 1.165) is 60.1 Å². The summed E-state index contributed by atoms with van der Waals surface area (Å²) in [6, 6.07) is 13.4. The largest absolute Gasteiger partial charge is 0.464 e. The molecule has 3 heterocycles. The maximum absolute atomic E-state index is 14.0. The van der Waals surface area contributed by atoms with Crippen molar-refractivity contribution >= 4 is 11.0 Å². The van der Waals surface area contributed by atoms with E-state index in [2.05, 4.69) is 11.0 Å². The second-order valence-electron chi connectivity index (χ2n) is 7.70. The van der Waals surface area contributed by atoms with E-state index < -0.39 is 0 Å². The van der Waals surface area contributed by atoms with Crippen molar-refractivity contribution in [1.29, 1.82) is 0 Å². The molecule has 146 valence electrons. The molecule has 5 rings (SSSR count). The lowest BCUT2D eigenvalue weighted by Gasteiger charge is -2.39. The van der Waals surface area contributed by atoms with Crippen LogP contribution in [0.5, 0.6) is 0 Å². The molecule has 0 atom stereocenters. The summed E-state index contributed by atoms with van der Waals surface area (Å²) in [5, 5.41) is 1.12. The first-order valence-electron chi connectivity index (χ1n) is 9.92. The van der Waals surface area contributed by atoms with Crippen molar-refractivity contribution in [2.75, 3.05) is 26.2 Å². The van der Waals surface area contributed by atoms with Gasteiger partial charge in [-0.2, -0.15) is 0 Å². The van der Waals surface area contributed by atoms with E-state index in [1.165, 1.54) is 6.07 Å². The van der Waals surface area contributed by atoms with E-state index in [9.17, 15) is 4.39 Å². The molecule has 2 aromatic carbocycles. The summed E-state index contributed by atoms with van der Waals surface area (Å²) >= 11 is 0. The molecule has 4 nitrogen and oxygen atoms in total. The number of piperidine rings is 1. The molecule has 28 heavy (non-hydrogen) atoms. The van der Waals surface area contributed by atoms with Crippen LogP contribution in [0.1, 0.15) is 29.5 Å². The molecule has 0 amide bonds. The van der Waals surface area contributed by atoms with Gasteiger partial charge in [-0.1, -0.05) is 30.3 Å². The number of ether oxygens (including phenoxy) is 2. The molecule has 1 fully saturated rings. The first kappa shape index (κ1) is 17.9. The molecule has 5 heteroatoms. The summed E-state index contributed by atoms with van der Waals surface area (Å²) in [6.07, 6.45) is 3.58. The van der Waals surface area contributed by atoms with Gasteiger partial charge in [0.2, 0.25) is 0 Å². The number of hydrogen-bond donors (Lipinski definition) is 0. The molecule has 0 N–H and O–H groups in total. The Morgan fingerprint density at radius 3 is 2.82 bits per heavy atom. The lowest BCUT2D eigenvalue weighted by Crippen LogP contribution is -2.43. The highest BCUT2D eigenvalue weighted by Crippen LogP contribution is 2.44. The topological polar surface area (TPSA) is 34.8 Å². The molecule has 2 aliphatic rings. The van der Waals surface area contributed by atoms with E-state index in [1.54, 1.807) is 12.3 Å². The summed E-state index contributed by atoms with van der Waals surface area (Å²) in [5.74, 6) is -0.142. The molecule has 3 aromatic rings. The predicted molar refractivity (Wildman–Crippen MR) is 104 cm³/mol. The van der Waals surface area contributed by atoms with Crippen molar-refractivity contribution in [3.63, 3.8) is 0 Å². The highest BCUT2D eigenvalue weighted by Gasteiger charge is 2.43. The van der Waals surface area contributed by atoms with E-state index in [4.69, 9.17) is 13.9 Å². The van der Waals surface area contributed by atoms with Crippen molar-refractivity contribution in [1.82, 2.24) is 4.90 Å². The maximum atomic E-state index is 14.0. The van der Waals surface area contributed by atoms with Crippen LogP contribution >= 0.6 is 0 Å². The monoisotopic (exact) mass is 381 g/mol. The number of hydrogen-bond acceptors (Lipinski definition) is 4. The summed E-state index contributed by atoms with van der Waals surface area (Å²) in [4.78, 5) is 2.40. The molecule has 0 aliphatic carbocycles. The molecule has 1 spiro atoms. The Labute approximate surface area is 163 Å². The number of likely N-dealkylation sites (tertiary alicyclic amines) is 1. The number of benzene rings is 2. The number of rotatable bonds is 5. The van der Waals surface area contributed by atoms with Crippen LogP contribution in [0.15, 0.2) is 53.1 Å². The fourth-order valence-corrected chi connectivity index (χ4v) is 4.49. The zero-order valence-electron chi connectivity index (χ0n) is 15.8. The lowest BCUT2D eigenvalue weighted by molar-refractivity contribution is -0.0813. The minimum Gasteiger partial charge on any atom is -0.464 e. The van der Waals surface area contributed by atoms with Crippen LogP contribution in [-0.2, 0) is 28.3 Å². The van der Waals surface area contributed by atoms with Gasteiger partial charge in [-0.25, -0.2) is 4.39 Å². The van der Waals surface area contributed by atoms with Crippen LogP contribution in [0.3, 0.4) is 0 Å². The van der Waals surface area contributed by atoms with Gasteiger partial charge in [0.1, 0.15) is 11.4 Å². The quantitative estimate of drug-likeness (QED) is 0.605. The van der Waals surface area contributed by atoms with Crippen molar-refractivity contribution in [3.8, 4) is 0 Å². The number of furan rings is 1. The summed E-state index contributed by atoms with van der Waals surface area (Å²) < 4.78 is 31.6. The highest BCUT2D eigenvalue weighted by atomic mass is 19.1. The third kappa shape index (κ3) is 3.13. The van der Waals surface area contributed by atoms with Gasteiger partial charge < -0.3 is 18.8 Å². The SMILES string of the molecule is Fc1cccc2c1COC21CCN(CCOCc2coc3ccccc23)CC1. The smallest absolute Gasteiger partial charge is 0.134 e. The zero-order chi connectivity index (χ0) is 19.0. The van der Waals surface area contributed by atoms with Gasteiger partial charge in [0.25, 0.3) is 0 Å². The second-order valence-corrected chi connectivity index (χ2v) is 7.70. The van der Waals surface area contributed by atoms with Gasteiger partial charge in [0.05, 0.1) is 31.7 Å². The number of fused-ring (bicyclic) bond motifs is 3. The van der Waals surface area contributed by atoms with Crippen LogP contribution < -0.4 is 0 Å². The van der Waals surface area contributed by atoms with Gasteiger partial charge >= 0.3 is 0 Å². The molecular formula is C23H24FNO3. The zero-order valence-corrected chi connectivity index (χ0v) is 15.8. The van der Waals surface area contributed by atoms with Gasteiger partial charge in [0.15, 0.2) is 0 Å². The van der Waals surface area contributed by atoms with Crippen molar-refractivity contribution in [3.05, 3.63) is 71.2 Å². The van der Waals surface area contributed by atoms with Crippen molar-refractivity contribution in [2.45, 2.75) is 31.7 Å². The molecule has 2 aliphatic heterocycles. The fraction of sp³-hybridized carbons (Fsp3) is 0.391. The summed E-state index contributed by atoms with van der Waals surface area (Å²) in [7, 11) is 0. The molecule has 0 unspecified atom stereocenters. The van der Waals surface area contributed by atoms with E-state index >= 15 is 0 Å². The van der Waals surface area contributed by atoms with Crippen molar-refractivity contribution in [2.24, 2.45) is 0 Å². The molecule has 1 saturated heterocycles. The summed E-state index contributed by atoms with van der Waals surface area (Å²) in [6.45, 7) is 4.40. The third-order valence-corrected chi connectivity index (χ3v) is 6.14. The lowest BCUT2D eigenvalue weighted by atomic mass is 9.83. The average Bonchev–Trinajstić information content (AvgIpc) is 3.30. The minimum atomic E-state index is -0.301. The predicted octanol–water partition coefficient (Wildman–Crippen LogP) is 4.61. The molecule has 0 saturated carbocycles. The molecule has 0 bridgehead atoms. The van der Waals surface area contributed by atoms with Gasteiger partial charge in [-0.15, -0.1) is 0 Å². The highest BCUT2D eigenvalue weighted by molar-refractivity contribution is 5.80. The van der Waals surface area contributed by atoms with Gasteiger partial charge in [0, 0.05) is 36.1 Å². The van der Waals surface area contributed by atoms with E-state index in [1.807, 2.05) is 24.3 Å². The Morgan fingerprint density at radius 1 is 1.07 bits per heavy atom. The molecule has 1 aromatic heterocycles. The van der Waals surface area contributed by atoms with Crippen LogP contribution in [0.2, 0.25) is 0 Å². The van der Waals surface area contributed by atoms with Crippen LogP contribution in [0.4, 0.5) is 4.39 Å². The summed E-state index contributed by atoms with van der Waals surface area (Å²) in [5.41, 5.74) is 3.48. The van der Waals surface area contributed by atoms with Crippen molar-refractivity contribution < 1.29 is 18.3 Å². The Kier molecular flexibility index (Phi) is 4.67. The van der Waals surface area contributed by atoms with E-state index in [0.29, 0.717) is 19.8 Å². The minimum absolute atomic E-state index is 0.142. The number of para-hydroxylation sites is 1. The van der Waals surface area contributed by atoms with Crippen LogP contribution in [0, 0.1) is 5.82 Å². The van der Waals surface area contributed by atoms with Gasteiger partial charge in [-0.3, -0.25) is 0 Å². The normalized spacial score (nSPS) is 18.8. The van der Waals surface area contributed by atoms with E-state index in [-0.39, 0.29) is 11.4 Å². The maximum Gasteiger partial charge on any atom is 0.134 e. The Morgan fingerprint density at radius 2 is 1.93 bits per heavy atom. The molecule has 0 radical (unpaired) electrons. The Bertz CT molecular complexity index is 975. The third-order valence-electron chi connectivity index (χ3n) is 6.14.